The molecule has 1 saturated carbocycles. The fourth-order valence-electron chi connectivity index (χ4n) is 3.23. The largest absolute Gasteiger partial charge is 0.299 e. The molecule has 3 rings (SSSR count). The SMILES string of the molecule is C[C@]12Cc3ccccc3[C@H]1CCC2=O. The summed E-state index contributed by atoms with van der Waals surface area (Å²) >= 11 is 0. The summed E-state index contributed by atoms with van der Waals surface area (Å²) in [5.41, 5.74) is 2.76. The third-order valence-corrected chi connectivity index (χ3v) is 4.05. The molecular formula is C13H14O. The van der Waals surface area contributed by atoms with E-state index >= 15 is 0 Å². The maximum atomic E-state index is 11.8. The molecule has 14 heavy (non-hydrogen) atoms. The minimum Gasteiger partial charge on any atom is -0.299 e. The van der Waals surface area contributed by atoms with E-state index in [1.807, 2.05) is 0 Å². The number of Topliss-reactive ketones (excluding diaryl/α,β-unsaturated/α-hetero) is 1. The Labute approximate surface area is 84.1 Å². The van der Waals surface area contributed by atoms with Crippen LogP contribution in [0.1, 0.15) is 36.8 Å². The van der Waals surface area contributed by atoms with Gasteiger partial charge in [0.05, 0.1) is 0 Å². The molecule has 1 heteroatoms. The van der Waals surface area contributed by atoms with E-state index in [1.54, 1.807) is 0 Å². The topological polar surface area (TPSA) is 17.1 Å². The highest BCUT2D eigenvalue weighted by Gasteiger charge is 2.51. The van der Waals surface area contributed by atoms with Gasteiger partial charge in [-0.2, -0.15) is 0 Å². The van der Waals surface area contributed by atoms with Crippen LogP contribution < -0.4 is 0 Å². The van der Waals surface area contributed by atoms with Crippen LogP contribution in [0.5, 0.6) is 0 Å². The Morgan fingerprint density at radius 3 is 3.00 bits per heavy atom. The van der Waals surface area contributed by atoms with Crippen LogP contribution in [0.4, 0.5) is 0 Å². The van der Waals surface area contributed by atoms with Gasteiger partial charge in [0.1, 0.15) is 5.78 Å². The predicted molar refractivity (Wildman–Crippen MR) is 55.2 cm³/mol. The lowest BCUT2D eigenvalue weighted by Crippen LogP contribution is -2.24. The molecule has 0 spiro atoms. The second-order valence-corrected chi connectivity index (χ2v) is 4.81. The second kappa shape index (κ2) is 2.47. The fourth-order valence-corrected chi connectivity index (χ4v) is 3.23. The van der Waals surface area contributed by atoms with Crippen molar-refractivity contribution in [1.82, 2.24) is 0 Å². The fraction of sp³-hybridized carbons (Fsp3) is 0.462. The Kier molecular flexibility index (Phi) is 1.45. The van der Waals surface area contributed by atoms with Crippen molar-refractivity contribution in [3.05, 3.63) is 35.4 Å². The first-order chi connectivity index (χ1) is 6.72. The maximum Gasteiger partial charge on any atom is 0.139 e. The number of hydrogen-bond acceptors (Lipinski definition) is 1. The van der Waals surface area contributed by atoms with Crippen LogP contribution in [-0.4, -0.2) is 5.78 Å². The van der Waals surface area contributed by atoms with Crippen molar-refractivity contribution in [2.75, 3.05) is 0 Å². The molecule has 0 radical (unpaired) electrons. The zero-order valence-electron chi connectivity index (χ0n) is 8.42. The van der Waals surface area contributed by atoms with Gasteiger partial charge in [-0.25, -0.2) is 0 Å². The van der Waals surface area contributed by atoms with E-state index in [0.717, 1.165) is 19.3 Å². The van der Waals surface area contributed by atoms with Crippen LogP contribution in [0, 0.1) is 5.41 Å². The van der Waals surface area contributed by atoms with Gasteiger partial charge in [0.25, 0.3) is 0 Å². The van der Waals surface area contributed by atoms with Crippen molar-refractivity contribution in [2.45, 2.75) is 32.1 Å². The molecule has 72 valence electrons. The lowest BCUT2D eigenvalue weighted by Gasteiger charge is -2.21. The quantitative estimate of drug-likeness (QED) is 0.609. The number of carbonyl (C=O) groups excluding carboxylic acids is 1. The molecule has 0 saturated heterocycles. The standard InChI is InChI=1S/C13H14O/c1-13-8-9-4-2-3-5-10(9)11(13)6-7-12(13)14/h2-5,11H,6-8H2,1H3/t11-,13+/m1/s1. The Balaban J connectivity index is 2.16. The van der Waals surface area contributed by atoms with Gasteiger partial charge in [-0.3, -0.25) is 4.79 Å². The molecule has 1 aromatic carbocycles. The predicted octanol–water partition coefficient (Wildman–Crippen LogP) is 2.70. The number of carbonyl (C=O) groups is 1. The van der Waals surface area contributed by atoms with Gasteiger partial charge in [-0.15, -0.1) is 0 Å². The summed E-state index contributed by atoms with van der Waals surface area (Å²) in [6.07, 6.45) is 2.81. The summed E-state index contributed by atoms with van der Waals surface area (Å²) < 4.78 is 0. The monoisotopic (exact) mass is 186 g/mol. The third kappa shape index (κ3) is 0.827. The van der Waals surface area contributed by atoms with Crippen molar-refractivity contribution in [1.29, 1.82) is 0 Å². The van der Waals surface area contributed by atoms with Crippen LogP contribution in [-0.2, 0) is 11.2 Å². The van der Waals surface area contributed by atoms with E-state index in [2.05, 4.69) is 31.2 Å². The van der Waals surface area contributed by atoms with Gasteiger partial charge >= 0.3 is 0 Å². The van der Waals surface area contributed by atoms with Crippen LogP contribution >= 0.6 is 0 Å². The first-order valence-corrected chi connectivity index (χ1v) is 5.33. The zero-order chi connectivity index (χ0) is 9.76. The number of benzene rings is 1. The second-order valence-electron chi connectivity index (χ2n) is 4.81. The number of hydrogen-bond donors (Lipinski definition) is 0. The van der Waals surface area contributed by atoms with Gasteiger partial charge in [-0.05, 0) is 29.9 Å². The van der Waals surface area contributed by atoms with E-state index in [-0.39, 0.29) is 5.41 Å². The molecular weight excluding hydrogens is 172 g/mol. The minimum atomic E-state index is -0.0658. The lowest BCUT2D eigenvalue weighted by molar-refractivity contribution is -0.125. The lowest BCUT2D eigenvalue weighted by atomic mass is 9.80. The summed E-state index contributed by atoms with van der Waals surface area (Å²) in [6, 6.07) is 8.54. The maximum absolute atomic E-state index is 11.8. The average molecular weight is 186 g/mol. The van der Waals surface area contributed by atoms with Gasteiger partial charge in [0.15, 0.2) is 0 Å². The summed E-state index contributed by atoms with van der Waals surface area (Å²) in [5, 5.41) is 0. The van der Waals surface area contributed by atoms with Crippen molar-refractivity contribution >= 4 is 5.78 Å². The molecule has 0 bridgehead atoms. The van der Waals surface area contributed by atoms with Crippen molar-refractivity contribution in [3.8, 4) is 0 Å². The molecule has 0 amide bonds. The Bertz CT molecular complexity index is 407. The summed E-state index contributed by atoms with van der Waals surface area (Å²) in [7, 11) is 0. The summed E-state index contributed by atoms with van der Waals surface area (Å²) in [5.74, 6) is 0.977. The average Bonchev–Trinajstić information content (AvgIpc) is 2.61. The number of fused-ring (bicyclic) bond motifs is 3. The molecule has 0 aliphatic heterocycles. The molecule has 1 nitrogen and oxygen atoms in total. The first kappa shape index (κ1) is 8.22. The highest BCUT2D eigenvalue weighted by Crippen LogP contribution is 2.54. The van der Waals surface area contributed by atoms with Gasteiger partial charge in [0.2, 0.25) is 0 Å². The highest BCUT2D eigenvalue weighted by atomic mass is 16.1. The molecule has 2 atom stereocenters. The van der Waals surface area contributed by atoms with Crippen LogP contribution in [0.25, 0.3) is 0 Å². The molecule has 0 heterocycles. The van der Waals surface area contributed by atoms with Gasteiger partial charge in [0, 0.05) is 11.8 Å². The molecule has 0 aromatic heterocycles. The Morgan fingerprint density at radius 1 is 1.36 bits per heavy atom. The van der Waals surface area contributed by atoms with Gasteiger partial charge in [-0.1, -0.05) is 31.2 Å². The molecule has 0 N–H and O–H groups in total. The highest BCUT2D eigenvalue weighted by molar-refractivity contribution is 5.89. The van der Waals surface area contributed by atoms with Crippen LogP contribution in [0.2, 0.25) is 0 Å². The van der Waals surface area contributed by atoms with Crippen molar-refractivity contribution in [3.63, 3.8) is 0 Å². The molecule has 2 aliphatic rings. The molecule has 0 unspecified atom stereocenters. The Morgan fingerprint density at radius 2 is 2.14 bits per heavy atom. The summed E-state index contributed by atoms with van der Waals surface area (Å²) in [6.45, 7) is 2.15. The van der Waals surface area contributed by atoms with Crippen LogP contribution in [0.15, 0.2) is 24.3 Å². The van der Waals surface area contributed by atoms with Crippen molar-refractivity contribution < 1.29 is 4.79 Å². The molecule has 1 fully saturated rings. The Hall–Kier alpha value is -1.11. The van der Waals surface area contributed by atoms with E-state index in [4.69, 9.17) is 0 Å². The summed E-state index contributed by atoms with van der Waals surface area (Å²) in [4.78, 5) is 11.8. The van der Waals surface area contributed by atoms with Crippen molar-refractivity contribution in [2.24, 2.45) is 5.41 Å². The number of rotatable bonds is 0. The minimum absolute atomic E-state index is 0.0658. The zero-order valence-corrected chi connectivity index (χ0v) is 8.42. The molecule has 2 aliphatic carbocycles. The van der Waals surface area contributed by atoms with E-state index in [1.165, 1.54) is 11.1 Å². The normalized spacial score (nSPS) is 34.4. The van der Waals surface area contributed by atoms with E-state index in [0.29, 0.717) is 11.7 Å². The van der Waals surface area contributed by atoms with Gasteiger partial charge < -0.3 is 0 Å². The smallest absolute Gasteiger partial charge is 0.139 e. The van der Waals surface area contributed by atoms with Crippen LogP contribution in [0.3, 0.4) is 0 Å². The third-order valence-electron chi connectivity index (χ3n) is 4.05. The van der Waals surface area contributed by atoms with E-state index < -0.39 is 0 Å². The first-order valence-electron chi connectivity index (χ1n) is 5.33. The molecule has 1 aromatic rings. The number of ketones is 1. The van der Waals surface area contributed by atoms with E-state index in [9.17, 15) is 4.79 Å².